The lowest BCUT2D eigenvalue weighted by molar-refractivity contribution is -0.128. The van der Waals surface area contributed by atoms with Gasteiger partial charge in [0.2, 0.25) is 5.91 Å². The molecule has 0 N–H and O–H groups in total. The highest BCUT2D eigenvalue weighted by Gasteiger charge is 2.34. The molecule has 2 aromatic rings. The first-order valence-corrected chi connectivity index (χ1v) is 11.6. The molecule has 1 fully saturated rings. The van der Waals surface area contributed by atoms with Gasteiger partial charge in [-0.25, -0.2) is 8.42 Å². The molecule has 0 unspecified atom stereocenters. The van der Waals surface area contributed by atoms with Crippen molar-refractivity contribution in [2.45, 2.75) is 25.9 Å². The Labute approximate surface area is 173 Å². The van der Waals surface area contributed by atoms with Crippen LogP contribution >= 0.6 is 0 Å². The Morgan fingerprint density at radius 3 is 2.28 bits per heavy atom. The van der Waals surface area contributed by atoms with E-state index in [1.165, 1.54) is 0 Å². The van der Waals surface area contributed by atoms with E-state index in [-0.39, 0.29) is 23.5 Å². The van der Waals surface area contributed by atoms with Crippen molar-refractivity contribution >= 4 is 27.5 Å². The minimum atomic E-state index is -3.08. The lowest BCUT2D eigenvalue weighted by Crippen LogP contribution is -2.39. The highest BCUT2D eigenvalue weighted by molar-refractivity contribution is 7.91. The summed E-state index contributed by atoms with van der Waals surface area (Å²) < 4.78 is 24.0. The second-order valence-corrected chi connectivity index (χ2v) is 10.1. The number of carbonyl (C=O) groups is 1. The summed E-state index contributed by atoms with van der Waals surface area (Å²) in [4.78, 5) is 16.7. The normalized spacial score (nSPS) is 18.1. The number of sulfone groups is 1. The van der Waals surface area contributed by atoms with Gasteiger partial charge >= 0.3 is 0 Å². The predicted octanol–water partition coefficient (Wildman–Crippen LogP) is 3.29. The molecule has 154 valence electrons. The van der Waals surface area contributed by atoms with Gasteiger partial charge in [0.15, 0.2) is 9.84 Å². The first-order chi connectivity index (χ1) is 13.7. The van der Waals surface area contributed by atoms with Crippen LogP contribution in [0, 0.1) is 6.92 Å². The fraction of sp³-hybridized carbons (Fsp3) is 0.348. The van der Waals surface area contributed by atoms with Gasteiger partial charge in [0.05, 0.1) is 11.5 Å². The van der Waals surface area contributed by atoms with E-state index >= 15 is 0 Å². The van der Waals surface area contributed by atoms with Crippen molar-refractivity contribution in [3.05, 3.63) is 71.3 Å². The summed E-state index contributed by atoms with van der Waals surface area (Å²) in [5.41, 5.74) is 4.16. The van der Waals surface area contributed by atoms with Crippen molar-refractivity contribution in [3.63, 3.8) is 0 Å². The number of anilines is 1. The van der Waals surface area contributed by atoms with E-state index < -0.39 is 9.84 Å². The average molecular weight is 413 g/mol. The molecular weight excluding hydrogens is 384 g/mol. The highest BCUT2D eigenvalue weighted by Crippen LogP contribution is 2.22. The number of nitrogens with zero attached hydrogens (tertiary/aromatic N) is 2. The summed E-state index contributed by atoms with van der Waals surface area (Å²) in [6, 6.07) is 15.6. The summed E-state index contributed by atoms with van der Waals surface area (Å²) in [6.07, 6.45) is 3.82. The smallest absolute Gasteiger partial charge is 0.247 e. The quantitative estimate of drug-likeness (QED) is 0.683. The fourth-order valence-electron chi connectivity index (χ4n) is 3.45. The first kappa shape index (κ1) is 21.1. The van der Waals surface area contributed by atoms with Gasteiger partial charge in [0.25, 0.3) is 0 Å². The largest absolute Gasteiger partial charge is 0.378 e. The molecule has 29 heavy (non-hydrogen) atoms. The van der Waals surface area contributed by atoms with Crippen molar-refractivity contribution in [1.29, 1.82) is 0 Å². The molecule has 0 radical (unpaired) electrons. The predicted molar refractivity (Wildman–Crippen MR) is 119 cm³/mol. The Morgan fingerprint density at radius 1 is 1.07 bits per heavy atom. The molecule has 1 atom stereocenters. The zero-order valence-corrected chi connectivity index (χ0v) is 18.0. The topological polar surface area (TPSA) is 57.7 Å². The number of aryl methyl sites for hydroxylation is 1. The van der Waals surface area contributed by atoms with Gasteiger partial charge in [-0.05, 0) is 42.7 Å². The number of amides is 1. The molecule has 0 spiro atoms. The van der Waals surface area contributed by atoms with E-state index in [9.17, 15) is 13.2 Å². The number of benzene rings is 2. The summed E-state index contributed by atoms with van der Waals surface area (Å²) in [5, 5.41) is 0. The Hall–Kier alpha value is -2.60. The van der Waals surface area contributed by atoms with Gasteiger partial charge in [-0.1, -0.05) is 42.0 Å². The fourth-order valence-corrected chi connectivity index (χ4v) is 5.18. The van der Waals surface area contributed by atoms with Gasteiger partial charge in [-0.3, -0.25) is 4.79 Å². The second-order valence-electron chi connectivity index (χ2n) is 7.83. The number of hydrogen-bond donors (Lipinski definition) is 0. The zero-order valence-electron chi connectivity index (χ0n) is 17.2. The van der Waals surface area contributed by atoms with E-state index in [0.29, 0.717) is 13.0 Å². The van der Waals surface area contributed by atoms with Crippen LogP contribution in [-0.4, -0.2) is 50.9 Å². The maximum absolute atomic E-state index is 13.0. The number of rotatable bonds is 6. The average Bonchev–Trinajstić information content (AvgIpc) is 3.05. The molecule has 0 saturated carbocycles. The maximum atomic E-state index is 13.0. The molecular formula is C23H28N2O3S. The van der Waals surface area contributed by atoms with Gasteiger partial charge in [-0.2, -0.15) is 0 Å². The van der Waals surface area contributed by atoms with Crippen molar-refractivity contribution in [1.82, 2.24) is 4.90 Å². The standard InChI is InChI=1S/C23H28N2O3S/c1-18-4-6-19(7-5-18)10-13-23(26)25(22-14-15-29(27,28)17-22)16-20-8-11-21(12-9-20)24(2)3/h4-13,22H,14-17H2,1-3H3/b13-10+/t22-/m0/s1. The summed E-state index contributed by atoms with van der Waals surface area (Å²) in [6.45, 7) is 2.41. The molecule has 6 heteroatoms. The summed E-state index contributed by atoms with van der Waals surface area (Å²) in [5.74, 6) is 0.0135. The molecule has 2 aromatic carbocycles. The summed E-state index contributed by atoms with van der Waals surface area (Å²) in [7, 11) is 0.872. The van der Waals surface area contributed by atoms with Crippen LogP contribution in [0.1, 0.15) is 23.1 Å². The second kappa shape index (κ2) is 8.82. The van der Waals surface area contributed by atoms with Crippen molar-refractivity contribution in [2.24, 2.45) is 0 Å². The van der Waals surface area contributed by atoms with Crippen molar-refractivity contribution in [3.8, 4) is 0 Å². The third-order valence-electron chi connectivity index (χ3n) is 5.23. The van der Waals surface area contributed by atoms with E-state index in [4.69, 9.17) is 0 Å². The molecule has 0 aromatic heterocycles. The molecule has 1 aliphatic rings. The van der Waals surface area contributed by atoms with Crippen LogP contribution < -0.4 is 4.90 Å². The van der Waals surface area contributed by atoms with Crippen LogP contribution in [0.25, 0.3) is 6.08 Å². The van der Waals surface area contributed by atoms with E-state index in [1.54, 1.807) is 17.1 Å². The molecule has 1 heterocycles. The Kier molecular flexibility index (Phi) is 6.42. The van der Waals surface area contributed by atoms with E-state index in [1.807, 2.05) is 74.4 Å². The molecule has 1 amide bonds. The molecule has 0 aliphatic carbocycles. The highest BCUT2D eigenvalue weighted by atomic mass is 32.2. The van der Waals surface area contributed by atoms with Crippen molar-refractivity contribution in [2.75, 3.05) is 30.5 Å². The Balaban J connectivity index is 1.80. The van der Waals surface area contributed by atoms with Crippen LogP contribution in [-0.2, 0) is 21.2 Å². The lowest BCUT2D eigenvalue weighted by Gasteiger charge is -2.27. The monoisotopic (exact) mass is 412 g/mol. The SMILES string of the molecule is Cc1ccc(/C=C/C(=O)N(Cc2ccc(N(C)C)cc2)[C@H]2CCS(=O)(=O)C2)cc1. The molecule has 3 rings (SSSR count). The van der Waals surface area contributed by atoms with Crippen LogP contribution in [0.15, 0.2) is 54.6 Å². The third kappa shape index (κ3) is 5.70. The van der Waals surface area contributed by atoms with Crippen LogP contribution in [0.3, 0.4) is 0 Å². The molecule has 5 nitrogen and oxygen atoms in total. The first-order valence-electron chi connectivity index (χ1n) is 9.75. The van der Waals surface area contributed by atoms with Gasteiger partial charge in [-0.15, -0.1) is 0 Å². The van der Waals surface area contributed by atoms with Gasteiger partial charge < -0.3 is 9.80 Å². The minimum absolute atomic E-state index is 0.0346. The van der Waals surface area contributed by atoms with Crippen LogP contribution in [0.4, 0.5) is 5.69 Å². The molecule has 1 aliphatic heterocycles. The molecule has 0 bridgehead atoms. The van der Waals surface area contributed by atoms with Crippen LogP contribution in [0.2, 0.25) is 0 Å². The Bertz CT molecular complexity index is 978. The summed E-state index contributed by atoms with van der Waals surface area (Å²) >= 11 is 0. The lowest BCUT2D eigenvalue weighted by atomic mass is 10.1. The maximum Gasteiger partial charge on any atom is 0.247 e. The number of carbonyl (C=O) groups excluding carboxylic acids is 1. The van der Waals surface area contributed by atoms with Gasteiger partial charge in [0.1, 0.15) is 0 Å². The number of hydrogen-bond acceptors (Lipinski definition) is 4. The van der Waals surface area contributed by atoms with Crippen molar-refractivity contribution < 1.29 is 13.2 Å². The molecule has 1 saturated heterocycles. The van der Waals surface area contributed by atoms with E-state index in [0.717, 1.165) is 22.4 Å². The van der Waals surface area contributed by atoms with E-state index in [2.05, 4.69) is 0 Å². The van der Waals surface area contributed by atoms with Gasteiger partial charge in [0, 0.05) is 38.4 Å². The zero-order chi connectivity index (χ0) is 21.0. The minimum Gasteiger partial charge on any atom is -0.378 e. The van der Waals surface area contributed by atoms with Crippen LogP contribution in [0.5, 0.6) is 0 Å². The Morgan fingerprint density at radius 2 is 1.72 bits per heavy atom. The third-order valence-corrected chi connectivity index (χ3v) is 6.98.